The number of sulfonamides is 1. The molecule has 0 spiro atoms. The summed E-state index contributed by atoms with van der Waals surface area (Å²) in [5, 5.41) is 8.95. The predicted octanol–water partition coefficient (Wildman–Crippen LogP) is 2.57. The highest BCUT2D eigenvalue weighted by Crippen LogP contribution is 2.10. The van der Waals surface area contributed by atoms with Crippen LogP contribution in [0.5, 0.6) is 0 Å². The van der Waals surface area contributed by atoms with Gasteiger partial charge in [-0.2, -0.15) is 0 Å². The second-order valence-electron chi connectivity index (χ2n) is 5.25. The van der Waals surface area contributed by atoms with Gasteiger partial charge in [-0.3, -0.25) is 0 Å². The maximum Gasteiger partial charge on any atom is 0.216 e. The van der Waals surface area contributed by atoms with Crippen molar-refractivity contribution in [3.63, 3.8) is 0 Å². The minimum absolute atomic E-state index is 0.0170. The molecule has 0 amide bonds. The molecular weight excluding hydrogens is 274 g/mol. The highest BCUT2D eigenvalue weighted by molar-refractivity contribution is 7.88. The first kappa shape index (κ1) is 17.1. The van der Waals surface area contributed by atoms with Crippen LogP contribution in [0.25, 0.3) is 0 Å². The molecular formula is C15H25NO3S. The fraction of sp³-hybridized carbons (Fsp3) is 0.600. The Morgan fingerprint density at radius 1 is 1.15 bits per heavy atom. The van der Waals surface area contributed by atoms with E-state index in [0.29, 0.717) is 0 Å². The zero-order valence-corrected chi connectivity index (χ0v) is 13.1. The molecule has 1 rings (SSSR count). The number of aliphatic hydroxyl groups excluding tert-OH is 1. The average Bonchev–Trinajstić information content (AvgIpc) is 2.38. The van der Waals surface area contributed by atoms with E-state index in [1.165, 1.54) is 0 Å². The van der Waals surface area contributed by atoms with E-state index in [2.05, 4.69) is 11.6 Å². The molecule has 4 nitrogen and oxygen atoms in total. The summed E-state index contributed by atoms with van der Waals surface area (Å²) < 4.78 is 26.8. The van der Waals surface area contributed by atoms with Crippen molar-refractivity contribution in [3.05, 3.63) is 35.4 Å². The van der Waals surface area contributed by atoms with Gasteiger partial charge in [-0.15, -0.1) is 0 Å². The van der Waals surface area contributed by atoms with Gasteiger partial charge in [0.25, 0.3) is 0 Å². The van der Waals surface area contributed by atoms with E-state index in [-0.39, 0.29) is 18.4 Å². The fourth-order valence-corrected chi connectivity index (χ4v) is 3.51. The molecule has 1 aromatic rings. The summed E-state index contributed by atoms with van der Waals surface area (Å²) in [6.45, 7) is 4.01. The van der Waals surface area contributed by atoms with Gasteiger partial charge in [-0.05, 0) is 24.5 Å². The molecule has 5 heteroatoms. The van der Waals surface area contributed by atoms with Crippen LogP contribution >= 0.6 is 0 Å². The molecule has 0 aromatic heterocycles. The van der Waals surface area contributed by atoms with E-state index in [0.717, 1.165) is 36.8 Å². The SMILES string of the molecule is CCCCCC(C)NS(=O)(=O)Cc1ccc(CO)cc1. The van der Waals surface area contributed by atoms with Crippen molar-refractivity contribution < 1.29 is 13.5 Å². The van der Waals surface area contributed by atoms with Crippen molar-refractivity contribution in [3.8, 4) is 0 Å². The van der Waals surface area contributed by atoms with E-state index in [1.807, 2.05) is 6.92 Å². The van der Waals surface area contributed by atoms with Crippen molar-refractivity contribution in [2.45, 2.75) is 57.9 Å². The molecule has 0 radical (unpaired) electrons. The molecule has 1 atom stereocenters. The van der Waals surface area contributed by atoms with Crippen molar-refractivity contribution in [2.24, 2.45) is 0 Å². The van der Waals surface area contributed by atoms with E-state index >= 15 is 0 Å². The van der Waals surface area contributed by atoms with Crippen molar-refractivity contribution >= 4 is 10.0 Å². The van der Waals surface area contributed by atoms with Gasteiger partial charge < -0.3 is 5.11 Å². The van der Waals surface area contributed by atoms with Crippen molar-refractivity contribution in [2.75, 3.05) is 0 Å². The molecule has 0 fully saturated rings. The molecule has 0 saturated carbocycles. The van der Waals surface area contributed by atoms with Gasteiger partial charge in [0.05, 0.1) is 12.4 Å². The van der Waals surface area contributed by atoms with Gasteiger partial charge in [0.1, 0.15) is 0 Å². The Hall–Kier alpha value is -0.910. The quantitative estimate of drug-likeness (QED) is 0.689. The molecule has 0 aliphatic rings. The Bertz CT molecular complexity index is 482. The lowest BCUT2D eigenvalue weighted by Crippen LogP contribution is -2.33. The number of benzene rings is 1. The maximum absolute atomic E-state index is 12.0. The van der Waals surface area contributed by atoms with Crippen molar-refractivity contribution in [1.29, 1.82) is 0 Å². The number of hydrogen-bond donors (Lipinski definition) is 2. The molecule has 0 aliphatic heterocycles. The summed E-state index contributed by atoms with van der Waals surface area (Å²) in [4.78, 5) is 0. The second kappa shape index (κ2) is 8.39. The molecule has 1 unspecified atom stereocenters. The van der Waals surface area contributed by atoms with Gasteiger partial charge >= 0.3 is 0 Å². The zero-order valence-electron chi connectivity index (χ0n) is 12.3. The van der Waals surface area contributed by atoms with E-state index in [4.69, 9.17) is 5.11 Å². The largest absolute Gasteiger partial charge is 0.392 e. The summed E-state index contributed by atoms with van der Waals surface area (Å²) in [6.07, 6.45) is 4.19. The number of unbranched alkanes of at least 4 members (excludes halogenated alkanes) is 2. The molecule has 1 aromatic carbocycles. The van der Waals surface area contributed by atoms with Crippen LogP contribution in [0.1, 0.15) is 50.7 Å². The van der Waals surface area contributed by atoms with Gasteiger partial charge in [0, 0.05) is 6.04 Å². The van der Waals surface area contributed by atoms with Crippen molar-refractivity contribution in [1.82, 2.24) is 4.72 Å². The fourth-order valence-electron chi connectivity index (χ4n) is 2.07. The first-order valence-electron chi connectivity index (χ1n) is 7.15. The lowest BCUT2D eigenvalue weighted by molar-refractivity contribution is 0.282. The molecule has 0 bridgehead atoms. The molecule has 0 heterocycles. The monoisotopic (exact) mass is 299 g/mol. The Labute approximate surface area is 122 Å². The zero-order chi connectivity index (χ0) is 15.0. The van der Waals surface area contributed by atoms with Crippen LogP contribution in [0.2, 0.25) is 0 Å². The van der Waals surface area contributed by atoms with E-state index in [1.54, 1.807) is 24.3 Å². The van der Waals surface area contributed by atoms with E-state index in [9.17, 15) is 8.42 Å². The topological polar surface area (TPSA) is 66.4 Å². The predicted molar refractivity (Wildman–Crippen MR) is 81.7 cm³/mol. The van der Waals surface area contributed by atoms with Gasteiger partial charge in [0.2, 0.25) is 10.0 Å². The van der Waals surface area contributed by atoms with Crippen LogP contribution < -0.4 is 4.72 Å². The van der Waals surface area contributed by atoms with Crippen LogP contribution in [-0.2, 0) is 22.4 Å². The third-order valence-corrected chi connectivity index (χ3v) is 4.66. The maximum atomic E-state index is 12.0. The second-order valence-corrected chi connectivity index (χ2v) is 7.00. The standard InChI is InChI=1S/C15H25NO3S/c1-3-4-5-6-13(2)16-20(18,19)12-15-9-7-14(11-17)8-10-15/h7-10,13,16-17H,3-6,11-12H2,1-2H3. The molecule has 114 valence electrons. The van der Waals surface area contributed by atoms with Crippen LogP contribution in [0.3, 0.4) is 0 Å². The smallest absolute Gasteiger partial charge is 0.216 e. The summed E-state index contributed by atoms with van der Waals surface area (Å²) in [7, 11) is -3.30. The number of aliphatic hydroxyl groups is 1. The van der Waals surface area contributed by atoms with E-state index < -0.39 is 10.0 Å². The third-order valence-electron chi connectivity index (χ3n) is 3.18. The van der Waals surface area contributed by atoms with Crippen LogP contribution in [-0.4, -0.2) is 19.6 Å². The Morgan fingerprint density at radius 3 is 2.30 bits per heavy atom. The van der Waals surface area contributed by atoms with Crippen LogP contribution in [0, 0.1) is 0 Å². The minimum Gasteiger partial charge on any atom is -0.392 e. The van der Waals surface area contributed by atoms with Crippen LogP contribution in [0.15, 0.2) is 24.3 Å². The minimum atomic E-state index is -3.30. The third kappa shape index (κ3) is 6.50. The van der Waals surface area contributed by atoms with Gasteiger partial charge in [-0.25, -0.2) is 13.1 Å². The average molecular weight is 299 g/mol. The Morgan fingerprint density at radius 2 is 1.75 bits per heavy atom. The lowest BCUT2D eigenvalue weighted by Gasteiger charge is -2.14. The highest BCUT2D eigenvalue weighted by atomic mass is 32.2. The molecule has 20 heavy (non-hydrogen) atoms. The summed E-state index contributed by atoms with van der Waals surface area (Å²) in [5.41, 5.74) is 1.52. The van der Waals surface area contributed by atoms with Gasteiger partial charge in [0.15, 0.2) is 0 Å². The molecule has 2 N–H and O–H groups in total. The highest BCUT2D eigenvalue weighted by Gasteiger charge is 2.15. The number of nitrogens with one attached hydrogen (secondary N) is 1. The summed E-state index contributed by atoms with van der Waals surface area (Å²) in [5.74, 6) is -0.0170. The van der Waals surface area contributed by atoms with Crippen LogP contribution in [0.4, 0.5) is 0 Å². The lowest BCUT2D eigenvalue weighted by atomic mass is 10.1. The Balaban J connectivity index is 2.51. The number of hydrogen-bond acceptors (Lipinski definition) is 3. The first-order valence-corrected chi connectivity index (χ1v) is 8.80. The molecule has 0 saturated heterocycles. The molecule has 0 aliphatic carbocycles. The summed E-state index contributed by atoms with van der Waals surface area (Å²) in [6, 6.07) is 6.95. The first-order chi connectivity index (χ1) is 9.46. The van der Waals surface area contributed by atoms with Gasteiger partial charge in [-0.1, -0.05) is 50.5 Å². The number of rotatable bonds is 9. The summed E-state index contributed by atoms with van der Waals surface area (Å²) >= 11 is 0. The Kier molecular flexibility index (Phi) is 7.19. The normalized spacial score (nSPS) is 13.3.